The first-order valence-corrected chi connectivity index (χ1v) is 8.16. The van der Waals surface area contributed by atoms with Gasteiger partial charge in [-0.2, -0.15) is 0 Å². The van der Waals surface area contributed by atoms with Gasteiger partial charge < -0.3 is 0 Å². The van der Waals surface area contributed by atoms with E-state index in [-0.39, 0.29) is 6.51 Å². The lowest BCUT2D eigenvalue weighted by Crippen LogP contribution is -2.27. The maximum absolute atomic E-state index is 11.7. The second-order valence-corrected chi connectivity index (χ2v) is 12.0. The van der Waals surface area contributed by atoms with Crippen LogP contribution in [0.2, 0.25) is 0 Å². The summed E-state index contributed by atoms with van der Waals surface area (Å²) in [5.74, 6) is 0. The minimum absolute atomic E-state index is 0.0509. The molecule has 1 saturated carbocycles. The average molecular weight is 414 g/mol. The summed E-state index contributed by atoms with van der Waals surface area (Å²) in [6.45, 7) is 0. The lowest BCUT2D eigenvalue weighted by atomic mass is 10.0. The summed E-state index contributed by atoms with van der Waals surface area (Å²) in [4.78, 5) is 0. The Balaban J connectivity index is 2.67. The molecular weight excluding hydrogens is 402 g/mol. The molecule has 0 unspecified atom stereocenters. The van der Waals surface area contributed by atoms with Gasteiger partial charge in [0.2, 0.25) is 0 Å². The van der Waals surface area contributed by atoms with Crippen LogP contribution in [0, 0.1) is 0 Å². The Morgan fingerprint density at radius 3 is 2.00 bits per heavy atom. The SMILES string of the molecule is O=S(=O)(C(I)I)C1CCCCC1. The van der Waals surface area contributed by atoms with Gasteiger partial charge in [0.1, 0.15) is 0 Å². The highest BCUT2D eigenvalue weighted by atomic mass is 127. The average Bonchev–Trinajstić information content (AvgIpc) is 2.06. The molecule has 0 atom stereocenters. The van der Waals surface area contributed by atoms with Gasteiger partial charge in [0.25, 0.3) is 0 Å². The molecule has 72 valence electrons. The Morgan fingerprint density at radius 1 is 1.08 bits per heavy atom. The standard InChI is InChI=1S/C7H12I2O2S/c8-7(9)12(10,11)6-4-2-1-3-5-6/h6-7H,1-5H2. The molecule has 0 bridgehead atoms. The molecular formula is C7H12I2O2S. The van der Waals surface area contributed by atoms with E-state index >= 15 is 0 Å². The van der Waals surface area contributed by atoms with E-state index < -0.39 is 9.84 Å². The number of halogens is 2. The van der Waals surface area contributed by atoms with Crippen LogP contribution in [0.1, 0.15) is 32.1 Å². The van der Waals surface area contributed by atoms with Gasteiger partial charge >= 0.3 is 0 Å². The number of alkyl halides is 2. The lowest BCUT2D eigenvalue weighted by Gasteiger charge is -2.22. The summed E-state index contributed by atoms with van der Waals surface area (Å²) >= 11 is 3.97. The topological polar surface area (TPSA) is 34.1 Å². The van der Waals surface area contributed by atoms with Crippen LogP contribution in [-0.2, 0) is 9.84 Å². The van der Waals surface area contributed by atoms with Crippen molar-refractivity contribution in [2.24, 2.45) is 0 Å². The van der Waals surface area contributed by atoms with Crippen molar-refractivity contribution < 1.29 is 8.42 Å². The van der Waals surface area contributed by atoms with Gasteiger partial charge in [0.05, 0.1) is 5.25 Å². The zero-order valence-corrected chi connectivity index (χ0v) is 11.8. The minimum atomic E-state index is -2.83. The van der Waals surface area contributed by atoms with Crippen molar-refractivity contribution in [2.45, 2.75) is 38.6 Å². The highest BCUT2D eigenvalue weighted by Gasteiger charge is 2.31. The summed E-state index contributed by atoms with van der Waals surface area (Å²) in [5, 5.41) is -0.0509. The van der Waals surface area contributed by atoms with Crippen LogP contribution in [0.15, 0.2) is 0 Å². The van der Waals surface area contributed by atoms with Gasteiger partial charge in [-0.1, -0.05) is 64.4 Å². The van der Waals surface area contributed by atoms with Crippen molar-refractivity contribution in [1.82, 2.24) is 0 Å². The number of hydrogen-bond donors (Lipinski definition) is 0. The molecule has 5 heteroatoms. The number of rotatable bonds is 2. The first kappa shape index (κ1) is 11.5. The van der Waals surface area contributed by atoms with Gasteiger partial charge in [0.15, 0.2) is 11.1 Å². The predicted octanol–water partition coefficient (Wildman–Crippen LogP) is 2.89. The monoisotopic (exact) mass is 414 g/mol. The number of hydrogen-bond acceptors (Lipinski definition) is 2. The summed E-state index contributed by atoms with van der Waals surface area (Å²) in [5.41, 5.74) is 0. The van der Waals surface area contributed by atoms with Crippen LogP contribution < -0.4 is 0 Å². The van der Waals surface area contributed by atoms with Crippen molar-refractivity contribution in [3.63, 3.8) is 0 Å². The zero-order chi connectivity index (χ0) is 9.19. The zero-order valence-electron chi connectivity index (χ0n) is 6.67. The van der Waals surface area contributed by atoms with Crippen molar-refractivity contribution in [2.75, 3.05) is 0 Å². The summed E-state index contributed by atoms with van der Waals surface area (Å²) < 4.78 is 23.1. The molecule has 0 radical (unpaired) electrons. The molecule has 12 heavy (non-hydrogen) atoms. The lowest BCUT2D eigenvalue weighted by molar-refractivity contribution is 0.485. The molecule has 0 aromatic rings. The van der Waals surface area contributed by atoms with Crippen molar-refractivity contribution >= 4 is 55.0 Å². The minimum Gasteiger partial charge on any atom is -0.227 e. The van der Waals surface area contributed by atoms with Crippen LogP contribution in [0.25, 0.3) is 0 Å². The highest BCUT2D eigenvalue weighted by molar-refractivity contribution is 14.2. The summed E-state index contributed by atoms with van der Waals surface area (Å²) in [7, 11) is -2.83. The molecule has 0 heterocycles. The maximum atomic E-state index is 11.7. The van der Waals surface area contributed by atoms with Crippen LogP contribution in [0.3, 0.4) is 0 Å². The Morgan fingerprint density at radius 2 is 1.58 bits per heavy atom. The van der Waals surface area contributed by atoms with Gasteiger partial charge in [-0.05, 0) is 12.8 Å². The second-order valence-electron chi connectivity index (χ2n) is 3.11. The molecule has 1 aliphatic rings. The van der Waals surface area contributed by atoms with E-state index in [0.29, 0.717) is 0 Å². The van der Waals surface area contributed by atoms with E-state index in [9.17, 15) is 8.42 Å². The van der Waals surface area contributed by atoms with Crippen molar-refractivity contribution in [3.8, 4) is 0 Å². The Kier molecular flexibility index (Phi) is 4.56. The highest BCUT2D eigenvalue weighted by Crippen LogP contribution is 2.30. The second kappa shape index (κ2) is 4.77. The smallest absolute Gasteiger partial charge is 0.174 e. The van der Waals surface area contributed by atoms with Crippen LogP contribution in [0.5, 0.6) is 0 Å². The molecule has 0 saturated heterocycles. The normalized spacial score (nSPS) is 21.6. The molecule has 1 rings (SSSR count). The largest absolute Gasteiger partial charge is 0.227 e. The molecule has 0 N–H and O–H groups in total. The van der Waals surface area contributed by atoms with Crippen LogP contribution in [-0.4, -0.2) is 14.9 Å². The van der Waals surface area contributed by atoms with Gasteiger partial charge in [0, 0.05) is 0 Å². The molecule has 0 amide bonds. The molecule has 1 aliphatic carbocycles. The predicted molar refractivity (Wildman–Crippen MR) is 67.6 cm³/mol. The maximum Gasteiger partial charge on any atom is 0.174 e. The van der Waals surface area contributed by atoms with Crippen molar-refractivity contribution in [1.29, 1.82) is 0 Å². The quantitative estimate of drug-likeness (QED) is 0.515. The first-order valence-electron chi connectivity index (χ1n) is 4.06. The Labute approximate surface area is 101 Å². The van der Waals surface area contributed by atoms with E-state index in [2.05, 4.69) is 0 Å². The third kappa shape index (κ3) is 2.70. The van der Waals surface area contributed by atoms with E-state index in [4.69, 9.17) is 0 Å². The van der Waals surface area contributed by atoms with Gasteiger partial charge in [-0.3, -0.25) is 0 Å². The molecule has 0 aromatic heterocycles. The van der Waals surface area contributed by atoms with E-state index in [0.717, 1.165) is 25.7 Å². The summed E-state index contributed by atoms with van der Waals surface area (Å²) in [6, 6.07) is 0. The fraction of sp³-hybridized carbons (Fsp3) is 1.00. The molecule has 1 fully saturated rings. The fourth-order valence-corrected chi connectivity index (χ4v) is 5.31. The summed E-state index contributed by atoms with van der Waals surface area (Å²) in [6.07, 6.45) is 5.14. The molecule has 0 aromatic carbocycles. The molecule has 0 aliphatic heterocycles. The van der Waals surface area contributed by atoms with E-state index in [1.165, 1.54) is 6.42 Å². The van der Waals surface area contributed by atoms with E-state index in [1.807, 2.05) is 45.2 Å². The van der Waals surface area contributed by atoms with Gasteiger partial charge in [-0.25, -0.2) is 8.42 Å². The Bertz CT molecular complexity index is 230. The van der Waals surface area contributed by atoms with Crippen molar-refractivity contribution in [3.05, 3.63) is 0 Å². The molecule has 2 nitrogen and oxygen atoms in total. The third-order valence-electron chi connectivity index (χ3n) is 2.27. The van der Waals surface area contributed by atoms with Gasteiger partial charge in [-0.15, -0.1) is 0 Å². The Hall–Kier alpha value is 1.41. The van der Waals surface area contributed by atoms with E-state index in [1.54, 1.807) is 0 Å². The first-order chi connectivity index (χ1) is 5.55. The van der Waals surface area contributed by atoms with Crippen LogP contribution >= 0.6 is 45.2 Å². The number of sulfone groups is 1. The fourth-order valence-electron chi connectivity index (χ4n) is 1.54. The molecule has 0 spiro atoms. The third-order valence-corrected chi connectivity index (χ3v) is 8.42. The van der Waals surface area contributed by atoms with Crippen LogP contribution in [0.4, 0.5) is 0 Å².